The fourth-order valence-corrected chi connectivity index (χ4v) is 2.71. The summed E-state index contributed by atoms with van der Waals surface area (Å²) in [6.45, 7) is 1.61. The van der Waals surface area contributed by atoms with Gasteiger partial charge in [-0.3, -0.25) is 0 Å². The maximum atomic E-state index is 6.01. The van der Waals surface area contributed by atoms with Crippen molar-refractivity contribution in [2.24, 2.45) is 0 Å². The maximum absolute atomic E-state index is 6.01. The maximum Gasteiger partial charge on any atom is 0.147 e. The zero-order valence-electron chi connectivity index (χ0n) is 10.2. The molecule has 1 aromatic heterocycles. The molecule has 0 spiro atoms. The lowest BCUT2D eigenvalue weighted by molar-refractivity contribution is 0.322. The van der Waals surface area contributed by atoms with Crippen molar-refractivity contribution >= 4 is 40.4 Å². The molecule has 6 heteroatoms. The molecule has 0 amide bonds. The third-order valence-corrected chi connectivity index (χ3v) is 4.25. The number of nitrogens with one attached hydrogen (secondary N) is 1. The third-order valence-electron chi connectivity index (χ3n) is 3.30. The first-order chi connectivity index (χ1) is 9.13. The minimum atomic E-state index is 0.353. The van der Waals surface area contributed by atoms with Crippen LogP contribution in [-0.2, 0) is 6.54 Å². The number of halogens is 2. The summed E-state index contributed by atoms with van der Waals surface area (Å²) in [5.41, 5.74) is 2.32. The highest BCUT2D eigenvalue weighted by Gasteiger charge is 2.31. The molecule has 0 unspecified atom stereocenters. The van der Waals surface area contributed by atoms with Gasteiger partial charge >= 0.3 is 0 Å². The minimum absolute atomic E-state index is 0.353. The summed E-state index contributed by atoms with van der Waals surface area (Å²) in [7, 11) is 0. The topological polar surface area (TPSA) is 28.2 Å². The number of rotatable bonds is 4. The van der Waals surface area contributed by atoms with Crippen molar-refractivity contribution in [3.63, 3.8) is 0 Å². The quantitative estimate of drug-likeness (QED) is 0.682. The summed E-state index contributed by atoms with van der Waals surface area (Å²) in [4.78, 5) is 7.29. The molecule has 3 nitrogen and oxygen atoms in total. The van der Waals surface area contributed by atoms with Crippen LogP contribution in [0.15, 0.2) is 24.0 Å². The van der Waals surface area contributed by atoms with Crippen molar-refractivity contribution in [1.29, 1.82) is 0 Å². The van der Waals surface area contributed by atoms with E-state index >= 15 is 0 Å². The average molecular weight is 314 g/mol. The van der Waals surface area contributed by atoms with Crippen LogP contribution in [0.3, 0.4) is 0 Å². The van der Waals surface area contributed by atoms with E-state index in [1.54, 1.807) is 6.20 Å². The van der Waals surface area contributed by atoms with E-state index in [1.807, 2.05) is 12.1 Å². The second-order valence-corrected chi connectivity index (χ2v) is 6.03. The smallest absolute Gasteiger partial charge is 0.147 e. The molecule has 100 valence electrons. The van der Waals surface area contributed by atoms with Crippen LogP contribution in [0.25, 0.3) is 0 Å². The third kappa shape index (κ3) is 3.02. The molecular weight excluding hydrogens is 301 g/mol. The van der Waals surface area contributed by atoms with Crippen molar-refractivity contribution in [2.75, 3.05) is 6.54 Å². The Bertz CT molecular complexity index is 555. The van der Waals surface area contributed by atoms with Crippen molar-refractivity contribution in [3.8, 4) is 0 Å². The summed E-state index contributed by atoms with van der Waals surface area (Å²) in [6.07, 6.45) is 6.29. The predicted molar refractivity (Wildman–Crippen MR) is 81.5 cm³/mol. The lowest BCUT2D eigenvalue weighted by atomic mass is 10.2. The zero-order chi connectivity index (χ0) is 13.4. The standard InChI is InChI=1S/C13H13Cl2N3S/c14-11-3-8(5-17-13(11)15)7-18(9-1-2-9)10-4-12(19)16-6-10/h3-5,9H,1-2,6-7H2,(H,16,19). The molecule has 0 bridgehead atoms. The molecule has 1 N–H and O–H groups in total. The molecule has 3 rings (SSSR count). The summed E-state index contributed by atoms with van der Waals surface area (Å²) in [5.74, 6) is 0. The lowest BCUT2D eigenvalue weighted by Gasteiger charge is -2.25. The number of nitrogens with zero attached hydrogens (tertiary/aromatic N) is 2. The monoisotopic (exact) mass is 313 g/mol. The van der Waals surface area contributed by atoms with Crippen molar-refractivity contribution in [1.82, 2.24) is 15.2 Å². The van der Waals surface area contributed by atoms with Gasteiger partial charge in [-0.25, -0.2) is 4.98 Å². The Morgan fingerprint density at radius 3 is 2.79 bits per heavy atom. The second kappa shape index (κ2) is 5.27. The fraction of sp³-hybridized carbons (Fsp3) is 0.385. The van der Waals surface area contributed by atoms with E-state index in [2.05, 4.69) is 15.2 Å². The van der Waals surface area contributed by atoms with Crippen molar-refractivity contribution in [3.05, 3.63) is 39.8 Å². The molecular formula is C13H13Cl2N3S. The van der Waals surface area contributed by atoms with Crippen LogP contribution in [0.2, 0.25) is 10.2 Å². The number of hydrogen-bond acceptors (Lipinski definition) is 3. The average Bonchev–Trinajstić information content (AvgIpc) is 3.13. The van der Waals surface area contributed by atoms with Gasteiger partial charge in [0.2, 0.25) is 0 Å². The van der Waals surface area contributed by atoms with Gasteiger partial charge in [-0.2, -0.15) is 0 Å². The van der Waals surface area contributed by atoms with Gasteiger partial charge in [0.15, 0.2) is 0 Å². The van der Waals surface area contributed by atoms with Crippen molar-refractivity contribution < 1.29 is 0 Å². The first kappa shape index (κ1) is 13.2. The summed E-state index contributed by atoms with van der Waals surface area (Å²) < 4.78 is 0. The van der Waals surface area contributed by atoms with Crippen LogP contribution in [-0.4, -0.2) is 27.5 Å². The Balaban J connectivity index is 1.80. The highest BCUT2D eigenvalue weighted by atomic mass is 35.5. The largest absolute Gasteiger partial charge is 0.371 e. The van der Waals surface area contributed by atoms with Crippen LogP contribution in [0.4, 0.5) is 0 Å². The van der Waals surface area contributed by atoms with Crippen LogP contribution in [0.1, 0.15) is 18.4 Å². The Kier molecular flexibility index (Phi) is 3.65. The number of pyridine rings is 1. The van der Waals surface area contributed by atoms with Crippen LogP contribution in [0.5, 0.6) is 0 Å². The molecule has 1 aliphatic carbocycles. The van der Waals surface area contributed by atoms with E-state index in [9.17, 15) is 0 Å². The van der Waals surface area contributed by atoms with Crippen LogP contribution < -0.4 is 5.32 Å². The highest BCUT2D eigenvalue weighted by Crippen LogP contribution is 2.32. The molecule has 1 aromatic rings. The molecule has 2 aliphatic rings. The number of thiocarbonyl (C=S) groups is 1. The predicted octanol–water partition coefficient (Wildman–Crippen LogP) is 3.17. The van der Waals surface area contributed by atoms with E-state index in [0.29, 0.717) is 16.2 Å². The van der Waals surface area contributed by atoms with Gasteiger partial charge in [0, 0.05) is 24.5 Å². The molecule has 0 radical (unpaired) electrons. The van der Waals surface area contributed by atoms with Gasteiger partial charge < -0.3 is 10.2 Å². The SMILES string of the molecule is S=C1C=C(N(Cc2cnc(Cl)c(Cl)c2)C2CC2)CN1. The molecule has 0 saturated heterocycles. The molecule has 0 atom stereocenters. The molecule has 1 aliphatic heterocycles. The second-order valence-electron chi connectivity index (χ2n) is 4.83. The van der Waals surface area contributed by atoms with Gasteiger partial charge in [0.25, 0.3) is 0 Å². The van der Waals surface area contributed by atoms with E-state index in [1.165, 1.54) is 18.5 Å². The van der Waals surface area contributed by atoms with Gasteiger partial charge in [0.1, 0.15) is 10.1 Å². The summed E-state index contributed by atoms with van der Waals surface area (Å²) in [5, 5.41) is 4.03. The Hall–Kier alpha value is -0.840. The van der Waals surface area contributed by atoms with Crippen LogP contribution in [0, 0.1) is 0 Å². The molecule has 1 fully saturated rings. The van der Waals surface area contributed by atoms with Crippen molar-refractivity contribution in [2.45, 2.75) is 25.4 Å². The molecule has 19 heavy (non-hydrogen) atoms. The first-order valence-corrected chi connectivity index (χ1v) is 7.35. The number of aromatic nitrogens is 1. The van der Waals surface area contributed by atoms with E-state index < -0.39 is 0 Å². The van der Waals surface area contributed by atoms with Gasteiger partial charge in [-0.15, -0.1) is 0 Å². The lowest BCUT2D eigenvalue weighted by Crippen LogP contribution is -2.27. The number of hydrogen-bond donors (Lipinski definition) is 1. The highest BCUT2D eigenvalue weighted by molar-refractivity contribution is 7.80. The zero-order valence-corrected chi connectivity index (χ0v) is 12.5. The van der Waals surface area contributed by atoms with Gasteiger partial charge in [-0.1, -0.05) is 35.4 Å². The summed E-state index contributed by atoms with van der Waals surface area (Å²) in [6, 6.07) is 2.50. The fourth-order valence-electron chi connectivity index (χ4n) is 2.21. The van der Waals surface area contributed by atoms with E-state index in [-0.39, 0.29) is 0 Å². The Labute approximate surface area is 127 Å². The Morgan fingerprint density at radius 2 is 2.21 bits per heavy atom. The molecule has 1 saturated carbocycles. The molecule has 2 heterocycles. The van der Waals surface area contributed by atoms with Gasteiger partial charge in [0.05, 0.1) is 11.6 Å². The normalized spacial score (nSPS) is 18.2. The van der Waals surface area contributed by atoms with E-state index in [0.717, 1.165) is 23.6 Å². The molecule has 0 aromatic carbocycles. The van der Waals surface area contributed by atoms with Crippen LogP contribution >= 0.6 is 35.4 Å². The minimum Gasteiger partial charge on any atom is -0.371 e. The van der Waals surface area contributed by atoms with Gasteiger partial charge in [-0.05, 0) is 30.5 Å². The Morgan fingerprint density at radius 1 is 1.42 bits per heavy atom. The first-order valence-electron chi connectivity index (χ1n) is 6.18. The van der Waals surface area contributed by atoms with E-state index in [4.69, 9.17) is 35.4 Å². The summed E-state index contributed by atoms with van der Waals surface area (Å²) >= 11 is 17.0.